The average molecular weight is 489 g/mol. The van der Waals surface area contributed by atoms with Gasteiger partial charge in [0.25, 0.3) is 5.56 Å². The Labute approximate surface area is 175 Å². The molecule has 0 radical (unpaired) electrons. The van der Waals surface area contributed by atoms with Gasteiger partial charge >= 0.3 is 11.9 Å². The molecule has 6 nitrogen and oxygen atoms in total. The van der Waals surface area contributed by atoms with Gasteiger partial charge in [0.05, 0.1) is 17.3 Å². The molecule has 2 aromatic carbocycles. The maximum atomic E-state index is 14.6. The number of hydrogen-bond donors (Lipinski definition) is 0. The van der Waals surface area contributed by atoms with E-state index in [0.717, 1.165) is 19.2 Å². The van der Waals surface area contributed by atoms with E-state index in [0.29, 0.717) is 10.3 Å². The van der Waals surface area contributed by atoms with Crippen LogP contribution in [-0.4, -0.2) is 16.2 Å². The molecule has 0 N–H and O–H groups in total. The van der Waals surface area contributed by atoms with E-state index in [1.165, 1.54) is 7.11 Å². The minimum absolute atomic E-state index is 0.00440. The Morgan fingerprint density at radius 1 is 1.00 bits per heavy atom. The highest BCUT2D eigenvalue weighted by Gasteiger charge is 2.35. The molecular formula is C19H13BrF4N2O4. The summed E-state index contributed by atoms with van der Waals surface area (Å²) in [6.07, 6.45) is -4.93. The zero-order valence-corrected chi connectivity index (χ0v) is 17.0. The van der Waals surface area contributed by atoms with Gasteiger partial charge in [0.15, 0.2) is 11.5 Å². The van der Waals surface area contributed by atoms with Gasteiger partial charge in [-0.25, -0.2) is 13.8 Å². The summed E-state index contributed by atoms with van der Waals surface area (Å²) < 4.78 is 65.2. The van der Waals surface area contributed by atoms with Crippen molar-refractivity contribution < 1.29 is 27.0 Å². The zero-order valence-electron chi connectivity index (χ0n) is 15.5. The molecule has 0 saturated carbocycles. The Balaban J connectivity index is 2.19. The van der Waals surface area contributed by atoms with E-state index in [4.69, 9.17) is 9.47 Å². The summed E-state index contributed by atoms with van der Waals surface area (Å²) in [5.74, 6) is -0.401. The lowest BCUT2D eigenvalue weighted by molar-refractivity contribution is -0.144. The van der Waals surface area contributed by atoms with Crippen molar-refractivity contribution in [2.24, 2.45) is 7.05 Å². The van der Waals surface area contributed by atoms with Gasteiger partial charge in [-0.05, 0) is 34.1 Å². The Kier molecular flexibility index (Phi) is 5.75. The molecule has 0 aliphatic rings. The van der Waals surface area contributed by atoms with Crippen molar-refractivity contribution in [1.29, 1.82) is 0 Å². The SMILES string of the molecule is COc1ccccc1Oc1cc(-n2c(=O)cc(C(F)(F)F)n(C)c2=O)c(F)cc1Br. The van der Waals surface area contributed by atoms with Crippen molar-refractivity contribution in [3.8, 4) is 22.9 Å². The summed E-state index contributed by atoms with van der Waals surface area (Å²) in [5, 5.41) is 0. The van der Waals surface area contributed by atoms with E-state index >= 15 is 0 Å². The topological polar surface area (TPSA) is 62.5 Å². The highest BCUT2D eigenvalue weighted by atomic mass is 79.9. The highest BCUT2D eigenvalue weighted by Crippen LogP contribution is 2.37. The second kappa shape index (κ2) is 7.98. The van der Waals surface area contributed by atoms with Crippen LogP contribution in [0.25, 0.3) is 5.69 Å². The average Bonchev–Trinajstić information content (AvgIpc) is 2.67. The van der Waals surface area contributed by atoms with Crippen molar-refractivity contribution >= 4 is 15.9 Å². The number of nitrogens with zero attached hydrogens (tertiary/aromatic N) is 2. The summed E-state index contributed by atoms with van der Waals surface area (Å²) >= 11 is 3.12. The number of methoxy groups -OCH3 is 1. The monoisotopic (exact) mass is 488 g/mol. The van der Waals surface area contributed by atoms with Gasteiger partial charge in [0, 0.05) is 19.2 Å². The number of rotatable bonds is 4. The molecule has 158 valence electrons. The van der Waals surface area contributed by atoms with E-state index in [2.05, 4.69) is 15.9 Å². The van der Waals surface area contributed by atoms with Crippen molar-refractivity contribution in [3.05, 3.63) is 79.3 Å². The lowest BCUT2D eigenvalue weighted by Crippen LogP contribution is -2.41. The van der Waals surface area contributed by atoms with Crippen LogP contribution in [0.3, 0.4) is 0 Å². The van der Waals surface area contributed by atoms with E-state index in [1.807, 2.05) is 0 Å². The van der Waals surface area contributed by atoms with E-state index in [-0.39, 0.29) is 26.6 Å². The Hall–Kier alpha value is -3.08. The maximum Gasteiger partial charge on any atom is 0.431 e. The second-order valence-corrected chi connectivity index (χ2v) is 6.88. The minimum Gasteiger partial charge on any atom is -0.493 e. The lowest BCUT2D eigenvalue weighted by Gasteiger charge is -2.16. The second-order valence-electron chi connectivity index (χ2n) is 6.03. The van der Waals surface area contributed by atoms with Gasteiger partial charge in [-0.15, -0.1) is 0 Å². The summed E-state index contributed by atoms with van der Waals surface area (Å²) in [6.45, 7) is 0. The van der Waals surface area contributed by atoms with E-state index in [1.54, 1.807) is 24.3 Å². The first-order chi connectivity index (χ1) is 14.0. The molecule has 1 heterocycles. The fourth-order valence-electron chi connectivity index (χ4n) is 2.71. The first-order valence-electron chi connectivity index (χ1n) is 8.25. The molecule has 0 unspecified atom stereocenters. The Bertz CT molecular complexity index is 1230. The van der Waals surface area contributed by atoms with Crippen LogP contribution in [0.15, 0.2) is 56.5 Å². The van der Waals surface area contributed by atoms with Gasteiger partial charge in [-0.2, -0.15) is 13.2 Å². The third kappa shape index (κ3) is 3.97. The minimum atomic E-state index is -4.93. The molecule has 30 heavy (non-hydrogen) atoms. The van der Waals surface area contributed by atoms with Gasteiger partial charge in [-0.3, -0.25) is 9.36 Å². The summed E-state index contributed by atoms with van der Waals surface area (Å²) in [6, 6.07) is 8.73. The molecule has 1 aromatic heterocycles. The maximum absolute atomic E-state index is 14.6. The van der Waals surface area contributed by atoms with Crippen molar-refractivity contribution in [1.82, 2.24) is 9.13 Å². The van der Waals surface area contributed by atoms with Gasteiger partial charge < -0.3 is 9.47 Å². The molecule has 0 aliphatic heterocycles. The van der Waals surface area contributed by atoms with Crippen LogP contribution in [0.1, 0.15) is 5.69 Å². The molecule has 0 saturated heterocycles. The molecule has 3 aromatic rings. The third-order valence-corrected chi connectivity index (χ3v) is 4.76. The summed E-state index contributed by atoms with van der Waals surface area (Å²) in [7, 11) is 2.25. The standard InChI is InChI=1S/C19H13BrF4N2O4/c1-25-16(19(22,23)24)9-17(27)26(18(25)28)12-8-15(10(20)7-11(12)21)30-14-6-4-3-5-13(14)29-2/h3-9H,1-2H3. The zero-order chi connectivity index (χ0) is 22.2. The molecule has 0 bridgehead atoms. The molecule has 0 aliphatic carbocycles. The Morgan fingerprint density at radius 3 is 2.23 bits per heavy atom. The van der Waals surface area contributed by atoms with Crippen LogP contribution in [0.5, 0.6) is 17.2 Å². The summed E-state index contributed by atoms with van der Waals surface area (Å²) in [4.78, 5) is 24.7. The third-order valence-electron chi connectivity index (χ3n) is 4.14. The summed E-state index contributed by atoms with van der Waals surface area (Å²) in [5.41, 5.74) is -4.71. The molecule has 0 amide bonds. The van der Waals surface area contributed by atoms with Crippen LogP contribution in [0, 0.1) is 5.82 Å². The normalized spacial score (nSPS) is 11.4. The van der Waals surface area contributed by atoms with Gasteiger partial charge in [0.2, 0.25) is 0 Å². The highest BCUT2D eigenvalue weighted by molar-refractivity contribution is 9.10. The number of aromatic nitrogens is 2. The number of alkyl halides is 3. The fourth-order valence-corrected chi connectivity index (χ4v) is 3.11. The number of para-hydroxylation sites is 2. The number of ether oxygens (including phenoxy) is 2. The molecule has 0 spiro atoms. The van der Waals surface area contributed by atoms with Crippen molar-refractivity contribution in [2.45, 2.75) is 6.18 Å². The Morgan fingerprint density at radius 2 is 1.63 bits per heavy atom. The molecule has 3 rings (SSSR count). The predicted molar refractivity (Wildman–Crippen MR) is 103 cm³/mol. The van der Waals surface area contributed by atoms with Crippen LogP contribution in [0.4, 0.5) is 17.6 Å². The molecule has 0 atom stereocenters. The number of halogens is 5. The van der Waals surface area contributed by atoms with E-state index in [9.17, 15) is 27.2 Å². The van der Waals surface area contributed by atoms with Crippen molar-refractivity contribution in [3.63, 3.8) is 0 Å². The smallest absolute Gasteiger partial charge is 0.431 e. The predicted octanol–water partition coefficient (Wildman–Crippen LogP) is 4.26. The van der Waals surface area contributed by atoms with Crippen molar-refractivity contribution in [2.75, 3.05) is 7.11 Å². The molecule has 11 heteroatoms. The van der Waals surface area contributed by atoms with Crippen LogP contribution in [0.2, 0.25) is 0 Å². The first kappa shape index (κ1) is 21.6. The lowest BCUT2D eigenvalue weighted by atomic mass is 10.2. The largest absolute Gasteiger partial charge is 0.493 e. The first-order valence-corrected chi connectivity index (χ1v) is 9.04. The van der Waals surface area contributed by atoms with Crippen LogP contribution >= 0.6 is 15.9 Å². The van der Waals surface area contributed by atoms with E-state index < -0.39 is 34.6 Å². The quantitative estimate of drug-likeness (QED) is 0.515. The van der Waals surface area contributed by atoms with Gasteiger partial charge in [-0.1, -0.05) is 12.1 Å². The fraction of sp³-hybridized carbons (Fsp3) is 0.158. The molecule has 0 fully saturated rings. The van der Waals surface area contributed by atoms with Gasteiger partial charge in [0.1, 0.15) is 17.3 Å². The number of benzene rings is 2. The van der Waals surface area contributed by atoms with Crippen LogP contribution in [-0.2, 0) is 13.2 Å². The number of hydrogen-bond acceptors (Lipinski definition) is 4. The van der Waals surface area contributed by atoms with Crippen LogP contribution < -0.4 is 20.7 Å². The molecular weight excluding hydrogens is 476 g/mol.